The van der Waals surface area contributed by atoms with E-state index >= 15 is 0 Å². The van der Waals surface area contributed by atoms with Crippen LogP contribution in [-0.2, 0) is 0 Å². The van der Waals surface area contributed by atoms with Crippen molar-refractivity contribution in [1.29, 1.82) is 0 Å². The Morgan fingerprint density at radius 2 is 1.67 bits per heavy atom. The third kappa shape index (κ3) is 7.14. The smallest absolute Gasteiger partial charge is 0.0199 e. The third-order valence-electron chi connectivity index (χ3n) is 3.68. The SMILES string of the molecule is CCN(C)C.CNCCC(C)N1CC(C)=C(C)C1. The Bertz CT molecular complexity index is 232. The van der Waals surface area contributed by atoms with Crippen LogP contribution in [-0.4, -0.2) is 63.2 Å². The highest BCUT2D eigenvalue weighted by molar-refractivity contribution is 5.19. The van der Waals surface area contributed by atoms with Crippen molar-refractivity contribution in [3.05, 3.63) is 11.1 Å². The molecular formula is C15H33N3. The van der Waals surface area contributed by atoms with Gasteiger partial charge in [-0.1, -0.05) is 18.1 Å². The molecule has 0 fully saturated rings. The molecule has 0 aromatic rings. The lowest BCUT2D eigenvalue weighted by molar-refractivity contribution is 0.251. The van der Waals surface area contributed by atoms with Gasteiger partial charge in [-0.2, -0.15) is 0 Å². The number of nitrogens with zero attached hydrogens (tertiary/aromatic N) is 2. The second kappa shape index (κ2) is 9.54. The summed E-state index contributed by atoms with van der Waals surface area (Å²) < 4.78 is 0. The van der Waals surface area contributed by atoms with Crippen LogP contribution in [0.15, 0.2) is 11.1 Å². The van der Waals surface area contributed by atoms with Gasteiger partial charge in [0.2, 0.25) is 0 Å². The Morgan fingerprint density at radius 3 is 2.00 bits per heavy atom. The Hall–Kier alpha value is -0.380. The Labute approximate surface area is 114 Å². The highest BCUT2D eigenvalue weighted by Crippen LogP contribution is 2.19. The monoisotopic (exact) mass is 255 g/mol. The lowest BCUT2D eigenvalue weighted by atomic mass is 10.2. The number of hydrogen-bond acceptors (Lipinski definition) is 3. The zero-order valence-corrected chi connectivity index (χ0v) is 13.5. The molecule has 0 aliphatic carbocycles. The van der Waals surface area contributed by atoms with E-state index in [9.17, 15) is 0 Å². The zero-order valence-electron chi connectivity index (χ0n) is 13.5. The summed E-state index contributed by atoms with van der Waals surface area (Å²) in [5.74, 6) is 0. The molecule has 0 aromatic heterocycles. The minimum atomic E-state index is 0.708. The molecule has 18 heavy (non-hydrogen) atoms. The summed E-state index contributed by atoms with van der Waals surface area (Å²) in [5.41, 5.74) is 3.13. The first-order valence-electron chi connectivity index (χ1n) is 7.10. The van der Waals surface area contributed by atoms with Crippen molar-refractivity contribution in [2.75, 3.05) is 47.3 Å². The van der Waals surface area contributed by atoms with E-state index in [2.05, 4.69) is 56.9 Å². The molecule has 108 valence electrons. The maximum Gasteiger partial charge on any atom is 0.0199 e. The normalized spacial score (nSPS) is 18.0. The van der Waals surface area contributed by atoms with Crippen LogP contribution in [0.1, 0.15) is 34.1 Å². The molecule has 1 aliphatic rings. The molecule has 0 saturated heterocycles. The van der Waals surface area contributed by atoms with Crippen molar-refractivity contribution in [1.82, 2.24) is 15.1 Å². The molecule has 1 N–H and O–H groups in total. The summed E-state index contributed by atoms with van der Waals surface area (Å²) in [6.07, 6.45) is 1.25. The van der Waals surface area contributed by atoms with E-state index in [0.717, 1.165) is 13.1 Å². The molecule has 1 rings (SSSR count). The highest BCUT2D eigenvalue weighted by Gasteiger charge is 2.20. The summed E-state index contributed by atoms with van der Waals surface area (Å²) in [6.45, 7) is 13.6. The molecule has 0 aromatic carbocycles. The van der Waals surface area contributed by atoms with Gasteiger partial charge in [0.05, 0.1) is 0 Å². The third-order valence-corrected chi connectivity index (χ3v) is 3.68. The van der Waals surface area contributed by atoms with Crippen molar-refractivity contribution in [2.24, 2.45) is 0 Å². The molecule has 1 aliphatic heterocycles. The Morgan fingerprint density at radius 1 is 1.22 bits per heavy atom. The molecule has 3 nitrogen and oxygen atoms in total. The quantitative estimate of drug-likeness (QED) is 0.760. The zero-order chi connectivity index (χ0) is 14.1. The van der Waals surface area contributed by atoms with Gasteiger partial charge in [0, 0.05) is 19.1 Å². The number of nitrogens with one attached hydrogen (secondary N) is 1. The van der Waals surface area contributed by atoms with E-state index in [0.29, 0.717) is 6.04 Å². The van der Waals surface area contributed by atoms with Gasteiger partial charge < -0.3 is 10.2 Å². The average Bonchev–Trinajstić information content (AvgIpc) is 2.67. The minimum Gasteiger partial charge on any atom is -0.320 e. The summed E-state index contributed by atoms with van der Waals surface area (Å²) in [5, 5.41) is 3.20. The van der Waals surface area contributed by atoms with Crippen molar-refractivity contribution >= 4 is 0 Å². The summed E-state index contributed by atoms with van der Waals surface area (Å²) in [4.78, 5) is 4.68. The predicted molar refractivity (Wildman–Crippen MR) is 82.2 cm³/mol. The Kier molecular flexibility index (Phi) is 9.34. The van der Waals surface area contributed by atoms with E-state index in [1.165, 1.54) is 19.5 Å². The van der Waals surface area contributed by atoms with Crippen LogP contribution >= 0.6 is 0 Å². The maximum absolute atomic E-state index is 3.20. The van der Waals surface area contributed by atoms with Crippen LogP contribution in [0.25, 0.3) is 0 Å². The summed E-state index contributed by atoms with van der Waals surface area (Å²) >= 11 is 0. The highest BCUT2D eigenvalue weighted by atomic mass is 15.2. The van der Waals surface area contributed by atoms with Crippen molar-refractivity contribution in [3.63, 3.8) is 0 Å². The predicted octanol–water partition coefficient (Wildman–Crippen LogP) is 2.20. The van der Waals surface area contributed by atoms with Crippen molar-refractivity contribution < 1.29 is 0 Å². The molecule has 0 spiro atoms. The second-order valence-electron chi connectivity index (χ2n) is 5.60. The first kappa shape index (κ1) is 17.6. The summed E-state index contributed by atoms with van der Waals surface area (Å²) in [7, 11) is 6.13. The van der Waals surface area contributed by atoms with E-state index in [-0.39, 0.29) is 0 Å². The second-order valence-corrected chi connectivity index (χ2v) is 5.60. The largest absolute Gasteiger partial charge is 0.320 e. The van der Waals surface area contributed by atoms with Crippen LogP contribution < -0.4 is 5.32 Å². The molecule has 1 heterocycles. The molecule has 0 amide bonds. The van der Waals surface area contributed by atoms with Crippen molar-refractivity contribution in [3.8, 4) is 0 Å². The molecule has 1 unspecified atom stereocenters. The Balaban J connectivity index is 0.000000494. The van der Waals surface area contributed by atoms with Gasteiger partial charge in [0.25, 0.3) is 0 Å². The standard InChI is InChI=1S/C11H22N2.C4H11N/c1-9-7-13(8-10(9)2)11(3)5-6-12-4;1-4-5(2)3/h11-12H,5-8H2,1-4H3;4H2,1-3H3. The van der Waals surface area contributed by atoms with E-state index in [1.54, 1.807) is 11.1 Å². The van der Waals surface area contributed by atoms with Gasteiger partial charge in [-0.3, -0.25) is 4.90 Å². The van der Waals surface area contributed by atoms with E-state index in [1.807, 2.05) is 7.05 Å². The van der Waals surface area contributed by atoms with Gasteiger partial charge in [-0.05, 0) is 61.4 Å². The van der Waals surface area contributed by atoms with E-state index < -0.39 is 0 Å². The lowest BCUT2D eigenvalue weighted by Crippen LogP contribution is -2.33. The topological polar surface area (TPSA) is 18.5 Å². The molecular weight excluding hydrogens is 222 g/mol. The average molecular weight is 255 g/mol. The van der Waals surface area contributed by atoms with Crippen LogP contribution in [0, 0.1) is 0 Å². The lowest BCUT2D eigenvalue weighted by Gasteiger charge is -2.24. The molecule has 1 atom stereocenters. The van der Waals surface area contributed by atoms with Crippen LogP contribution in [0.3, 0.4) is 0 Å². The first-order chi connectivity index (χ1) is 8.42. The minimum absolute atomic E-state index is 0.708. The fourth-order valence-corrected chi connectivity index (χ4v) is 1.78. The van der Waals surface area contributed by atoms with E-state index in [4.69, 9.17) is 0 Å². The summed E-state index contributed by atoms with van der Waals surface area (Å²) in [6, 6.07) is 0.708. The van der Waals surface area contributed by atoms with Crippen molar-refractivity contribution in [2.45, 2.75) is 40.2 Å². The van der Waals surface area contributed by atoms with Crippen LogP contribution in [0.2, 0.25) is 0 Å². The van der Waals surface area contributed by atoms with Gasteiger partial charge in [-0.15, -0.1) is 0 Å². The number of rotatable bonds is 5. The molecule has 3 heteroatoms. The van der Waals surface area contributed by atoms with Gasteiger partial charge in [-0.25, -0.2) is 0 Å². The van der Waals surface area contributed by atoms with Gasteiger partial charge in [0.15, 0.2) is 0 Å². The number of hydrogen-bond donors (Lipinski definition) is 1. The fraction of sp³-hybridized carbons (Fsp3) is 0.867. The van der Waals surface area contributed by atoms with Gasteiger partial charge >= 0.3 is 0 Å². The maximum atomic E-state index is 3.20. The molecule has 0 radical (unpaired) electrons. The fourth-order valence-electron chi connectivity index (χ4n) is 1.78. The van der Waals surface area contributed by atoms with Gasteiger partial charge in [0.1, 0.15) is 0 Å². The molecule has 0 bridgehead atoms. The van der Waals surface area contributed by atoms with Crippen LogP contribution in [0.5, 0.6) is 0 Å². The molecule has 0 saturated carbocycles. The first-order valence-corrected chi connectivity index (χ1v) is 7.10. The van der Waals surface area contributed by atoms with Crippen LogP contribution in [0.4, 0.5) is 0 Å².